The van der Waals surface area contributed by atoms with E-state index in [1.165, 1.54) is 40.0 Å². The highest BCUT2D eigenvalue weighted by Crippen LogP contribution is 2.38. The molecule has 0 bridgehead atoms. The molecule has 2 aromatic carbocycles. The van der Waals surface area contributed by atoms with E-state index >= 15 is 0 Å². The Kier molecular flexibility index (Phi) is 7.00. The van der Waals surface area contributed by atoms with Crippen molar-refractivity contribution in [3.8, 4) is 11.3 Å². The molecule has 5 rings (SSSR count). The van der Waals surface area contributed by atoms with Crippen LogP contribution in [-0.2, 0) is 12.8 Å². The van der Waals surface area contributed by atoms with Gasteiger partial charge in [-0.3, -0.25) is 4.98 Å². The van der Waals surface area contributed by atoms with Crippen LogP contribution in [0.5, 0.6) is 0 Å². The molecule has 1 atom stereocenters. The van der Waals surface area contributed by atoms with E-state index in [4.69, 9.17) is 4.98 Å². The van der Waals surface area contributed by atoms with Crippen LogP contribution in [0.4, 0.5) is 11.4 Å². The summed E-state index contributed by atoms with van der Waals surface area (Å²) in [4.78, 5) is 5.21. The standard InChI is InChI=1S/C33H39N3/c1-23(2)27-15-10-16-28(24(3)4)32(27)36-33(19-6-5-7-20-33)22-26-14-9-18-30(35-26)29-17-8-12-25-13-11-21-34-31(25)29/h5-10,12,14-19,23-24,34,36H,11,13,20-22H2,1-4H3. The average Bonchev–Trinajstić information content (AvgIpc) is 2.89. The van der Waals surface area contributed by atoms with E-state index in [1.807, 2.05) is 0 Å². The van der Waals surface area contributed by atoms with E-state index in [0.29, 0.717) is 11.8 Å². The highest BCUT2D eigenvalue weighted by atomic mass is 15.0. The van der Waals surface area contributed by atoms with Crippen molar-refractivity contribution in [2.24, 2.45) is 0 Å². The fourth-order valence-corrected chi connectivity index (χ4v) is 5.65. The van der Waals surface area contributed by atoms with Crippen LogP contribution in [-0.4, -0.2) is 17.1 Å². The molecule has 1 aliphatic heterocycles. The van der Waals surface area contributed by atoms with Crippen LogP contribution in [0.15, 0.2) is 78.9 Å². The molecule has 1 aromatic heterocycles. The summed E-state index contributed by atoms with van der Waals surface area (Å²) in [7, 11) is 0. The second-order valence-corrected chi connectivity index (χ2v) is 11.0. The lowest BCUT2D eigenvalue weighted by atomic mass is 9.83. The first kappa shape index (κ1) is 24.4. The second-order valence-electron chi connectivity index (χ2n) is 11.0. The number of nitrogens with one attached hydrogen (secondary N) is 2. The minimum Gasteiger partial charge on any atom is -0.384 e. The van der Waals surface area contributed by atoms with Gasteiger partial charge in [0.2, 0.25) is 0 Å². The molecule has 0 spiro atoms. The number of rotatable bonds is 7. The Balaban J connectivity index is 1.51. The molecule has 3 heteroatoms. The van der Waals surface area contributed by atoms with Crippen molar-refractivity contribution in [1.29, 1.82) is 0 Å². The largest absolute Gasteiger partial charge is 0.384 e. The van der Waals surface area contributed by atoms with E-state index in [9.17, 15) is 0 Å². The van der Waals surface area contributed by atoms with Crippen molar-refractivity contribution in [1.82, 2.24) is 4.98 Å². The van der Waals surface area contributed by atoms with Crippen molar-refractivity contribution in [2.45, 2.75) is 70.8 Å². The molecule has 3 nitrogen and oxygen atoms in total. The van der Waals surface area contributed by atoms with E-state index in [0.717, 1.165) is 37.2 Å². The summed E-state index contributed by atoms with van der Waals surface area (Å²) in [6.07, 6.45) is 13.0. The maximum atomic E-state index is 5.21. The Morgan fingerprint density at radius 3 is 2.39 bits per heavy atom. The fourth-order valence-electron chi connectivity index (χ4n) is 5.65. The normalized spacial score (nSPS) is 18.8. The predicted octanol–water partition coefficient (Wildman–Crippen LogP) is 8.26. The van der Waals surface area contributed by atoms with E-state index < -0.39 is 0 Å². The van der Waals surface area contributed by atoms with Crippen molar-refractivity contribution in [2.75, 3.05) is 17.2 Å². The van der Waals surface area contributed by atoms with Crippen molar-refractivity contribution < 1.29 is 0 Å². The van der Waals surface area contributed by atoms with Crippen LogP contribution in [0.25, 0.3) is 11.3 Å². The van der Waals surface area contributed by atoms with Crippen LogP contribution in [0.3, 0.4) is 0 Å². The first-order valence-corrected chi connectivity index (χ1v) is 13.5. The van der Waals surface area contributed by atoms with Gasteiger partial charge in [0.25, 0.3) is 0 Å². The lowest BCUT2D eigenvalue weighted by Crippen LogP contribution is -2.40. The quantitative estimate of drug-likeness (QED) is 0.359. The zero-order valence-electron chi connectivity index (χ0n) is 22.1. The molecule has 36 heavy (non-hydrogen) atoms. The number of fused-ring (bicyclic) bond motifs is 1. The topological polar surface area (TPSA) is 37.0 Å². The van der Waals surface area contributed by atoms with Gasteiger partial charge in [-0.25, -0.2) is 0 Å². The Bertz CT molecular complexity index is 1260. The molecule has 1 aliphatic carbocycles. The van der Waals surface area contributed by atoms with Crippen LogP contribution >= 0.6 is 0 Å². The Hall–Kier alpha value is -3.33. The van der Waals surface area contributed by atoms with E-state index in [1.54, 1.807) is 0 Å². The van der Waals surface area contributed by atoms with Gasteiger partial charge < -0.3 is 10.6 Å². The van der Waals surface area contributed by atoms with Crippen LogP contribution in [0, 0.1) is 0 Å². The summed E-state index contributed by atoms with van der Waals surface area (Å²) >= 11 is 0. The van der Waals surface area contributed by atoms with Crippen molar-refractivity contribution >= 4 is 11.4 Å². The van der Waals surface area contributed by atoms with Crippen molar-refractivity contribution in [3.63, 3.8) is 0 Å². The molecule has 3 aromatic rings. The highest BCUT2D eigenvalue weighted by molar-refractivity contribution is 5.79. The molecule has 2 aliphatic rings. The van der Waals surface area contributed by atoms with Gasteiger partial charge in [0.05, 0.1) is 11.2 Å². The summed E-state index contributed by atoms with van der Waals surface area (Å²) in [6.45, 7) is 10.2. The highest BCUT2D eigenvalue weighted by Gasteiger charge is 2.30. The number of para-hydroxylation sites is 2. The Morgan fingerprint density at radius 1 is 0.917 bits per heavy atom. The summed E-state index contributed by atoms with van der Waals surface area (Å²) in [5.74, 6) is 0.897. The second kappa shape index (κ2) is 10.3. The summed E-state index contributed by atoms with van der Waals surface area (Å²) < 4.78 is 0. The van der Waals surface area contributed by atoms with Gasteiger partial charge in [0, 0.05) is 35.6 Å². The van der Waals surface area contributed by atoms with Gasteiger partial charge in [-0.05, 0) is 59.9 Å². The number of aromatic nitrogens is 1. The van der Waals surface area contributed by atoms with Crippen molar-refractivity contribution in [3.05, 3.63) is 101 Å². The molecule has 0 amide bonds. The number of allylic oxidation sites excluding steroid dienone is 2. The van der Waals surface area contributed by atoms with E-state index in [2.05, 4.69) is 117 Å². The van der Waals surface area contributed by atoms with Gasteiger partial charge in [0.15, 0.2) is 0 Å². The molecule has 0 saturated heterocycles. The molecular weight excluding hydrogens is 438 g/mol. The molecule has 2 N–H and O–H groups in total. The zero-order valence-corrected chi connectivity index (χ0v) is 22.1. The fraction of sp³-hybridized carbons (Fsp3) is 0.364. The van der Waals surface area contributed by atoms with Gasteiger partial charge >= 0.3 is 0 Å². The SMILES string of the molecule is CC(C)c1cccc(C(C)C)c1NC1(Cc2cccc(-c3cccc4c3NCCC4)n2)C=CC=CC1. The average molecular weight is 478 g/mol. The Morgan fingerprint density at radius 2 is 1.67 bits per heavy atom. The maximum absolute atomic E-state index is 5.21. The first-order chi connectivity index (χ1) is 17.5. The smallest absolute Gasteiger partial charge is 0.0726 e. The minimum absolute atomic E-state index is 0.219. The number of nitrogens with zero attached hydrogens (tertiary/aromatic N) is 1. The third kappa shape index (κ3) is 4.97. The van der Waals surface area contributed by atoms with Crippen LogP contribution in [0.1, 0.15) is 74.8 Å². The van der Waals surface area contributed by atoms with Crippen LogP contribution < -0.4 is 10.6 Å². The third-order valence-electron chi connectivity index (χ3n) is 7.55. The first-order valence-electron chi connectivity index (χ1n) is 13.5. The molecular formula is C33H39N3. The minimum atomic E-state index is -0.219. The third-order valence-corrected chi connectivity index (χ3v) is 7.55. The van der Waals surface area contributed by atoms with Gasteiger partial charge in [0.1, 0.15) is 0 Å². The molecule has 1 unspecified atom stereocenters. The number of hydrogen-bond acceptors (Lipinski definition) is 3. The zero-order chi connectivity index (χ0) is 25.1. The summed E-state index contributed by atoms with van der Waals surface area (Å²) in [5, 5.41) is 7.69. The molecule has 2 heterocycles. The number of aryl methyl sites for hydroxylation is 1. The lowest BCUT2D eigenvalue weighted by Gasteiger charge is -2.36. The van der Waals surface area contributed by atoms with Crippen LogP contribution in [0.2, 0.25) is 0 Å². The number of benzene rings is 2. The predicted molar refractivity (Wildman–Crippen MR) is 154 cm³/mol. The molecule has 0 radical (unpaired) electrons. The molecule has 0 fully saturated rings. The summed E-state index contributed by atoms with van der Waals surface area (Å²) in [5.41, 5.74) is 9.87. The summed E-state index contributed by atoms with van der Waals surface area (Å²) in [6, 6.07) is 19.9. The van der Waals surface area contributed by atoms with Gasteiger partial charge in [-0.2, -0.15) is 0 Å². The number of anilines is 2. The molecule has 0 saturated carbocycles. The lowest BCUT2D eigenvalue weighted by molar-refractivity contribution is 0.563. The number of pyridine rings is 1. The Labute approximate surface area is 216 Å². The number of hydrogen-bond donors (Lipinski definition) is 2. The monoisotopic (exact) mass is 477 g/mol. The maximum Gasteiger partial charge on any atom is 0.0726 e. The van der Waals surface area contributed by atoms with E-state index in [-0.39, 0.29) is 5.54 Å². The van der Waals surface area contributed by atoms with Gasteiger partial charge in [-0.15, -0.1) is 0 Å². The van der Waals surface area contributed by atoms with Gasteiger partial charge in [-0.1, -0.05) is 94.5 Å². The molecule has 186 valence electrons.